The number of aromatic carboxylic acids is 1. The summed E-state index contributed by atoms with van der Waals surface area (Å²) in [5, 5.41) is 9.56. The van der Waals surface area contributed by atoms with E-state index in [4.69, 9.17) is 0 Å². The molecular formula is C24H19F2N3O5S. The summed E-state index contributed by atoms with van der Waals surface area (Å²) in [6.07, 6.45) is 3.05. The highest BCUT2D eigenvalue weighted by Gasteiger charge is 2.25. The Bertz CT molecular complexity index is 1580. The van der Waals surface area contributed by atoms with Crippen LogP contribution in [0.2, 0.25) is 0 Å². The van der Waals surface area contributed by atoms with Crippen LogP contribution in [-0.4, -0.2) is 41.0 Å². The van der Waals surface area contributed by atoms with Gasteiger partial charge in [-0.3, -0.25) is 9.52 Å². The fraction of sp³-hybridized carbons (Fsp3) is 0.125. The Balaban J connectivity index is 1.77. The minimum Gasteiger partial charge on any atom is -0.478 e. The topological polar surface area (TPSA) is 129 Å². The first-order valence-electron chi connectivity index (χ1n) is 10.5. The normalized spacial score (nSPS) is 11.5. The van der Waals surface area contributed by atoms with E-state index in [1.807, 2.05) is 4.72 Å². The minimum atomic E-state index is -4.01. The van der Waals surface area contributed by atoms with Crippen molar-refractivity contribution < 1.29 is 31.9 Å². The lowest BCUT2D eigenvalue weighted by molar-refractivity contribution is 0.0696. The van der Waals surface area contributed by atoms with E-state index in [0.717, 1.165) is 12.1 Å². The fourth-order valence-electron chi connectivity index (χ4n) is 3.62. The van der Waals surface area contributed by atoms with Gasteiger partial charge in [0.25, 0.3) is 0 Å². The number of carbonyl (C=O) groups is 2. The number of fused-ring (bicyclic) bond motifs is 1. The summed E-state index contributed by atoms with van der Waals surface area (Å²) in [5.74, 6) is -4.75. The lowest BCUT2D eigenvalue weighted by atomic mass is 9.99. The van der Waals surface area contributed by atoms with Gasteiger partial charge in [-0.1, -0.05) is 19.1 Å². The molecule has 0 aliphatic heterocycles. The van der Waals surface area contributed by atoms with Crippen molar-refractivity contribution in [2.45, 2.75) is 13.3 Å². The van der Waals surface area contributed by atoms with Gasteiger partial charge in [-0.2, -0.15) is 0 Å². The number of H-pyrrole nitrogens is 1. The minimum absolute atomic E-state index is 0.0246. The molecule has 2 aromatic carbocycles. The van der Waals surface area contributed by atoms with E-state index in [9.17, 15) is 27.5 Å². The van der Waals surface area contributed by atoms with Crippen LogP contribution >= 0.6 is 0 Å². The molecule has 0 amide bonds. The maximum absolute atomic E-state index is 15.1. The second kappa shape index (κ2) is 9.26. The Labute approximate surface area is 198 Å². The largest absolute Gasteiger partial charge is 0.478 e. The Kier molecular flexibility index (Phi) is 6.35. The van der Waals surface area contributed by atoms with Crippen LogP contribution in [0.4, 0.5) is 14.5 Å². The van der Waals surface area contributed by atoms with Crippen LogP contribution in [0.5, 0.6) is 0 Å². The van der Waals surface area contributed by atoms with Crippen molar-refractivity contribution in [3.63, 3.8) is 0 Å². The van der Waals surface area contributed by atoms with E-state index < -0.39 is 44.7 Å². The van der Waals surface area contributed by atoms with Crippen molar-refractivity contribution in [2.24, 2.45) is 0 Å². The highest BCUT2D eigenvalue weighted by atomic mass is 32.2. The molecule has 0 unspecified atom stereocenters. The SMILES string of the molecule is CCCS(=O)(=O)Nc1c(F)ccc(C(=O)c2c[nH]c3ncc(-c4cccc(C(=O)O)c4)cc23)c1F. The van der Waals surface area contributed by atoms with Gasteiger partial charge in [0.05, 0.1) is 16.9 Å². The maximum Gasteiger partial charge on any atom is 0.335 e. The number of hydrogen-bond donors (Lipinski definition) is 3. The number of benzene rings is 2. The van der Waals surface area contributed by atoms with Crippen molar-refractivity contribution in [1.82, 2.24) is 9.97 Å². The number of sulfonamides is 1. The third-order valence-electron chi connectivity index (χ3n) is 5.28. The van der Waals surface area contributed by atoms with E-state index >= 15 is 4.39 Å². The quantitative estimate of drug-likeness (QED) is 0.304. The first-order valence-corrected chi connectivity index (χ1v) is 12.1. The van der Waals surface area contributed by atoms with Crippen molar-refractivity contribution in [3.8, 4) is 11.1 Å². The molecule has 35 heavy (non-hydrogen) atoms. The molecule has 3 N–H and O–H groups in total. The smallest absolute Gasteiger partial charge is 0.335 e. The zero-order valence-electron chi connectivity index (χ0n) is 18.3. The highest BCUT2D eigenvalue weighted by molar-refractivity contribution is 7.92. The van der Waals surface area contributed by atoms with Crippen molar-refractivity contribution in [3.05, 3.63) is 83.2 Å². The van der Waals surface area contributed by atoms with E-state index in [-0.39, 0.29) is 23.3 Å². The first-order chi connectivity index (χ1) is 16.6. The molecule has 4 rings (SSSR count). The van der Waals surface area contributed by atoms with Crippen LogP contribution in [0.3, 0.4) is 0 Å². The van der Waals surface area contributed by atoms with E-state index in [0.29, 0.717) is 22.2 Å². The highest BCUT2D eigenvalue weighted by Crippen LogP contribution is 2.30. The number of nitrogens with zero attached hydrogens (tertiary/aromatic N) is 1. The van der Waals surface area contributed by atoms with Gasteiger partial charge in [-0.05, 0) is 42.3 Å². The molecule has 0 aliphatic carbocycles. The summed E-state index contributed by atoms with van der Waals surface area (Å²) in [5.41, 5.74) is 0.0171. The second-order valence-corrected chi connectivity index (χ2v) is 9.58. The van der Waals surface area contributed by atoms with Gasteiger partial charge in [0, 0.05) is 28.9 Å². The number of ketones is 1. The summed E-state index contributed by atoms with van der Waals surface area (Å²) >= 11 is 0. The summed E-state index contributed by atoms with van der Waals surface area (Å²) < 4.78 is 55.4. The molecule has 0 bridgehead atoms. The molecule has 2 aromatic heterocycles. The molecule has 2 heterocycles. The summed E-state index contributed by atoms with van der Waals surface area (Å²) in [7, 11) is -4.01. The molecule has 0 spiro atoms. The standard InChI is InChI=1S/C24H19F2N3O5S/c1-2-8-35(33,34)29-21-19(25)7-6-16(20(21)26)22(30)18-12-28-23-17(18)10-15(11-27-23)13-4-3-5-14(9-13)24(31)32/h3-7,9-12,29H,2,8H2,1H3,(H,27,28)(H,31,32). The van der Waals surface area contributed by atoms with E-state index in [1.54, 1.807) is 25.1 Å². The third-order valence-corrected chi connectivity index (χ3v) is 6.75. The van der Waals surface area contributed by atoms with E-state index in [1.165, 1.54) is 24.5 Å². The molecule has 0 aliphatic rings. The van der Waals surface area contributed by atoms with Crippen LogP contribution < -0.4 is 4.72 Å². The van der Waals surface area contributed by atoms with Crippen LogP contribution in [-0.2, 0) is 10.0 Å². The number of pyridine rings is 1. The van der Waals surface area contributed by atoms with Crippen molar-refractivity contribution in [2.75, 3.05) is 10.5 Å². The van der Waals surface area contributed by atoms with Gasteiger partial charge >= 0.3 is 5.97 Å². The van der Waals surface area contributed by atoms with Crippen LogP contribution in [0.25, 0.3) is 22.2 Å². The van der Waals surface area contributed by atoms with Gasteiger partial charge in [0.1, 0.15) is 17.2 Å². The van der Waals surface area contributed by atoms with Gasteiger partial charge in [0.2, 0.25) is 10.0 Å². The van der Waals surface area contributed by atoms with Crippen LogP contribution in [0.15, 0.2) is 54.9 Å². The monoisotopic (exact) mass is 499 g/mol. The number of aromatic nitrogens is 2. The third kappa shape index (κ3) is 4.76. The van der Waals surface area contributed by atoms with Crippen molar-refractivity contribution >= 4 is 38.5 Å². The number of nitrogens with one attached hydrogen (secondary N) is 2. The summed E-state index contributed by atoms with van der Waals surface area (Å²) in [6, 6.07) is 9.49. The Morgan fingerprint density at radius 3 is 2.57 bits per heavy atom. The molecule has 0 atom stereocenters. The number of hydrogen-bond acceptors (Lipinski definition) is 5. The van der Waals surface area contributed by atoms with Crippen LogP contribution in [0.1, 0.15) is 39.6 Å². The zero-order chi connectivity index (χ0) is 25.3. The summed E-state index contributed by atoms with van der Waals surface area (Å²) in [6.45, 7) is 1.60. The van der Waals surface area contributed by atoms with Gasteiger partial charge in [0.15, 0.2) is 11.6 Å². The average Bonchev–Trinajstić information content (AvgIpc) is 3.25. The van der Waals surface area contributed by atoms with Gasteiger partial charge in [-0.15, -0.1) is 0 Å². The molecule has 0 saturated carbocycles. The number of carboxylic acid groups (broad SMARTS) is 1. The second-order valence-electron chi connectivity index (χ2n) is 7.74. The van der Waals surface area contributed by atoms with Gasteiger partial charge < -0.3 is 10.1 Å². The molecule has 4 aromatic rings. The van der Waals surface area contributed by atoms with Crippen LogP contribution in [0, 0.1) is 11.6 Å². The Morgan fingerprint density at radius 2 is 1.86 bits per heavy atom. The zero-order valence-corrected chi connectivity index (χ0v) is 19.1. The number of carbonyl (C=O) groups excluding carboxylic acids is 1. The number of halogens is 2. The maximum atomic E-state index is 15.1. The summed E-state index contributed by atoms with van der Waals surface area (Å²) in [4.78, 5) is 31.6. The first kappa shape index (κ1) is 24.0. The Morgan fingerprint density at radius 1 is 1.09 bits per heavy atom. The Hall–Kier alpha value is -4.12. The number of carboxylic acids is 1. The molecule has 8 nitrogen and oxygen atoms in total. The lowest BCUT2D eigenvalue weighted by Crippen LogP contribution is -2.19. The molecule has 0 radical (unpaired) electrons. The molecule has 0 saturated heterocycles. The number of anilines is 1. The molecular weight excluding hydrogens is 480 g/mol. The lowest BCUT2D eigenvalue weighted by Gasteiger charge is -2.11. The number of aromatic amines is 1. The number of rotatable bonds is 8. The van der Waals surface area contributed by atoms with Gasteiger partial charge in [-0.25, -0.2) is 27.0 Å². The molecule has 180 valence electrons. The predicted octanol–water partition coefficient (Wildman–Crippen LogP) is 4.59. The predicted molar refractivity (Wildman–Crippen MR) is 126 cm³/mol. The molecule has 11 heteroatoms. The molecule has 0 fully saturated rings. The van der Waals surface area contributed by atoms with Crippen molar-refractivity contribution in [1.29, 1.82) is 0 Å². The average molecular weight is 499 g/mol. The fourth-order valence-corrected chi connectivity index (χ4v) is 4.76. The van der Waals surface area contributed by atoms with E-state index in [2.05, 4.69) is 9.97 Å².